The van der Waals surface area contributed by atoms with Crippen LogP contribution in [0.1, 0.15) is 43.2 Å². The second-order valence-electron chi connectivity index (χ2n) is 9.30. The third-order valence-electron chi connectivity index (χ3n) is 7.17. The first kappa shape index (κ1) is 20.5. The number of likely N-dealkylation sites (tertiary alicyclic amines) is 1. The third-order valence-corrected chi connectivity index (χ3v) is 7.17. The minimum Gasteiger partial charge on any atom is -0.402 e. The summed E-state index contributed by atoms with van der Waals surface area (Å²) in [6.45, 7) is 2.68. The number of halogens is 3. The van der Waals surface area contributed by atoms with Crippen molar-refractivity contribution in [1.29, 1.82) is 0 Å². The Morgan fingerprint density at radius 2 is 2.00 bits per heavy atom. The molecule has 174 valence electrons. The maximum atomic E-state index is 12.7. The number of anilines is 1. The van der Waals surface area contributed by atoms with Crippen LogP contribution in [-0.2, 0) is 12.0 Å². The summed E-state index contributed by atoms with van der Waals surface area (Å²) < 4.78 is 44.2. The van der Waals surface area contributed by atoms with Gasteiger partial charge in [-0.2, -0.15) is 5.10 Å². The molecule has 6 rings (SSSR count). The number of alkyl halides is 3. The van der Waals surface area contributed by atoms with E-state index in [0.717, 1.165) is 44.0 Å². The number of aromatic amines is 1. The van der Waals surface area contributed by atoms with Gasteiger partial charge in [-0.3, -0.25) is 9.58 Å². The summed E-state index contributed by atoms with van der Waals surface area (Å²) in [5, 5.41) is 4.68. The van der Waals surface area contributed by atoms with E-state index in [-0.39, 0.29) is 11.2 Å². The number of aromatic nitrogens is 5. The predicted octanol–water partition coefficient (Wildman–Crippen LogP) is 3.65. The maximum absolute atomic E-state index is 12.7. The highest BCUT2D eigenvalue weighted by Gasteiger charge is 2.50. The van der Waals surface area contributed by atoms with Gasteiger partial charge in [0, 0.05) is 48.4 Å². The lowest BCUT2D eigenvalue weighted by molar-refractivity contribution is -0.274. The van der Waals surface area contributed by atoms with E-state index in [9.17, 15) is 13.2 Å². The Balaban J connectivity index is 1.28. The summed E-state index contributed by atoms with van der Waals surface area (Å²) in [6, 6.07) is 3.54. The van der Waals surface area contributed by atoms with Gasteiger partial charge in [0.15, 0.2) is 11.6 Å². The molecular weight excluding hydrogens is 435 g/mol. The molecule has 1 saturated carbocycles. The van der Waals surface area contributed by atoms with Crippen LogP contribution in [0.3, 0.4) is 0 Å². The maximum Gasteiger partial charge on any atom is 0.573 e. The fraction of sp³-hybridized carbons (Fsp3) is 0.500. The number of fused-ring (bicyclic) bond motifs is 2. The molecule has 3 aromatic heterocycles. The van der Waals surface area contributed by atoms with Crippen molar-refractivity contribution < 1.29 is 17.9 Å². The van der Waals surface area contributed by atoms with E-state index in [1.807, 2.05) is 23.1 Å². The van der Waals surface area contributed by atoms with Crippen molar-refractivity contribution in [1.82, 2.24) is 29.6 Å². The molecular formula is C22H24F3N7O. The molecule has 0 unspecified atom stereocenters. The number of ether oxygens (including phenoxy) is 1. The van der Waals surface area contributed by atoms with Crippen molar-refractivity contribution in [2.24, 2.45) is 5.92 Å². The van der Waals surface area contributed by atoms with Crippen molar-refractivity contribution in [2.75, 3.05) is 18.8 Å². The molecule has 0 radical (unpaired) electrons. The first-order valence-corrected chi connectivity index (χ1v) is 11.1. The van der Waals surface area contributed by atoms with Crippen molar-refractivity contribution in [3.05, 3.63) is 42.2 Å². The van der Waals surface area contributed by atoms with Gasteiger partial charge < -0.3 is 15.5 Å². The average molecular weight is 459 g/mol. The first-order valence-electron chi connectivity index (χ1n) is 11.1. The van der Waals surface area contributed by atoms with E-state index in [4.69, 9.17) is 5.73 Å². The van der Waals surface area contributed by atoms with Gasteiger partial charge in [0.2, 0.25) is 0 Å². The quantitative estimate of drug-likeness (QED) is 0.605. The van der Waals surface area contributed by atoms with E-state index in [2.05, 4.69) is 29.7 Å². The lowest BCUT2D eigenvalue weighted by Crippen LogP contribution is -2.33. The zero-order valence-corrected chi connectivity index (χ0v) is 17.8. The number of hydrogen-bond acceptors (Lipinski definition) is 6. The lowest BCUT2D eigenvalue weighted by Gasteiger charge is -2.29. The van der Waals surface area contributed by atoms with E-state index >= 15 is 0 Å². The zero-order valence-electron chi connectivity index (χ0n) is 17.8. The van der Waals surface area contributed by atoms with Gasteiger partial charge in [0.1, 0.15) is 5.82 Å². The molecule has 3 aliphatic rings. The summed E-state index contributed by atoms with van der Waals surface area (Å²) in [5.74, 6) is 0.850. The molecule has 2 aliphatic heterocycles. The summed E-state index contributed by atoms with van der Waals surface area (Å²) in [4.78, 5) is 14.3. The van der Waals surface area contributed by atoms with Crippen LogP contribution in [0, 0.1) is 5.92 Å². The van der Waals surface area contributed by atoms with Gasteiger partial charge in [0.05, 0.1) is 11.7 Å². The number of rotatable bonds is 5. The minimum absolute atomic E-state index is 0.0163. The summed E-state index contributed by atoms with van der Waals surface area (Å²) in [6.07, 6.45) is 4.76. The first-order chi connectivity index (χ1) is 15.8. The van der Waals surface area contributed by atoms with Crippen LogP contribution in [0.2, 0.25) is 0 Å². The molecule has 2 atom stereocenters. The fourth-order valence-electron chi connectivity index (χ4n) is 5.51. The van der Waals surface area contributed by atoms with Crippen LogP contribution in [0.5, 0.6) is 5.75 Å². The number of nitrogens with two attached hydrogens (primary N) is 1. The molecule has 2 fully saturated rings. The minimum atomic E-state index is -4.84. The monoisotopic (exact) mass is 459 g/mol. The number of imidazole rings is 1. The average Bonchev–Trinajstić information content (AvgIpc) is 3.16. The number of nitrogens with one attached hydrogen (secondary N) is 1. The van der Waals surface area contributed by atoms with Crippen LogP contribution in [0.4, 0.5) is 19.0 Å². The highest BCUT2D eigenvalue weighted by atomic mass is 19.4. The molecule has 3 N–H and O–H groups in total. The van der Waals surface area contributed by atoms with Gasteiger partial charge in [-0.25, -0.2) is 9.97 Å². The van der Waals surface area contributed by atoms with Crippen molar-refractivity contribution in [3.63, 3.8) is 0 Å². The molecule has 0 amide bonds. The summed E-state index contributed by atoms with van der Waals surface area (Å²) >= 11 is 0. The van der Waals surface area contributed by atoms with E-state index in [0.29, 0.717) is 23.2 Å². The number of pyridine rings is 1. The molecule has 0 bridgehead atoms. The molecule has 8 nitrogen and oxygen atoms in total. The molecule has 0 aromatic carbocycles. The van der Waals surface area contributed by atoms with Crippen LogP contribution in [-0.4, -0.2) is 49.1 Å². The fourth-order valence-corrected chi connectivity index (χ4v) is 5.51. The van der Waals surface area contributed by atoms with Crippen LogP contribution in [0.25, 0.3) is 11.3 Å². The van der Waals surface area contributed by atoms with Gasteiger partial charge in [-0.15, -0.1) is 13.2 Å². The molecule has 33 heavy (non-hydrogen) atoms. The summed E-state index contributed by atoms with van der Waals surface area (Å²) in [7, 11) is 0. The van der Waals surface area contributed by atoms with Crippen molar-refractivity contribution in [2.45, 2.75) is 50.0 Å². The Hall–Kier alpha value is -3.08. The van der Waals surface area contributed by atoms with Crippen molar-refractivity contribution >= 4 is 5.82 Å². The van der Waals surface area contributed by atoms with Gasteiger partial charge in [-0.1, -0.05) is 0 Å². The second-order valence-corrected chi connectivity index (χ2v) is 9.30. The number of nitrogens with zero attached hydrogens (tertiary/aromatic N) is 5. The van der Waals surface area contributed by atoms with E-state index in [1.54, 1.807) is 0 Å². The predicted molar refractivity (Wildman–Crippen MR) is 113 cm³/mol. The topological polar surface area (TPSA) is 97.9 Å². The van der Waals surface area contributed by atoms with Gasteiger partial charge in [0.25, 0.3) is 0 Å². The van der Waals surface area contributed by atoms with E-state index < -0.39 is 12.1 Å². The van der Waals surface area contributed by atoms with Crippen LogP contribution >= 0.6 is 0 Å². The second kappa shape index (κ2) is 7.21. The smallest absolute Gasteiger partial charge is 0.402 e. The number of H-pyrrole nitrogens is 1. The molecule has 1 spiro atoms. The van der Waals surface area contributed by atoms with Crippen LogP contribution in [0.15, 0.2) is 30.7 Å². The van der Waals surface area contributed by atoms with Crippen molar-refractivity contribution in [3.8, 4) is 17.0 Å². The highest BCUT2D eigenvalue weighted by molar-refractivity contribution is 5.64. The van der Waals surface area contributed by atoms with Gasteiger partial charge >= 0.3 is 6.36 Å². The number of aryl methyl sites for hydroxylation is 1. The molecule has 1 saturated heterocycles. The molecule has 1 aliphatic carbocycles. The standard InChI is InChI=1S/C22H24F3N7O/c23-22(24,25)33-16-9-14(11-29-19(16)26)15-10-17-21(4-8-32(17)30-15)3-7-31(12-21)18(13-1-2-13)20-27-5-6-28-20/h5-6,9-11,13,18H,1-4,7-8,12H2,(H2,26,29)(H,27,28)/t18-,21-/m1/s1. The Morgan fingerprint density at radius 3 is 2.73 bits per heavy atom. The van der Waals surface area contributed by atoms with E-state index in [1.165, 1.54) is 25.1 Å². The lowest BCUT2D eigenvalue weighted by atomic mass is 9.82. The van der Waals surface area contributed by atoms with Crippen LogP contribution < -0.4 is 10.5 Å². The molecule has 3 aromatic rings. The largest absolute Gasteiger partial charge is 0.573 e. The zero-order chi connectivity index (χ0) is 22.8. The molecule has 11 heteroatoms. The number of nitrogen functional groups attached to an aromatic ring is 1. The SMILES string of the molecule is Nc1ncc(-c2cc3n(n2)CC[C@@]32CCN([C@@H](c3ncc[nH]3)C3CC3)C2)cc1OC(F)(F)F. The Labute approximate surface area is 188 Å². The summed E-state index contributed by atoms with van der Waals surface area (Å²) in [5.41, 5.74) is 7.71. The Bertz CT molecular complexity index is 1170. The highest BCUT2D eigenvalue weighted by Crippen LogP contribution is 2.50. The van der Waals surface area contributed by atoms with Gasteiger partial charge in [-0.05, 0) is 50.3 Å². The Kier molecular flexibility index (Phi) is 4.48. The normalized spacial score (nSPS) is 23.8. The number of hydrogen-bond donors (Lipinski definition) is 2. The third kappa shape index (κ3) is 3.64. The Morgan fingerprint density at radius 1 is 1.18 bits per heavy atom. The molecule has 5 heterocycles.